The van der Waals surface area contributed by atoms with Gasteiger partial charge in [0, 0.05) is 6.04 Å². The van der Waals surface area contributed by atoms with E-state index in [0.29, 0.717) is 12.6 Å². The Morgan fingerprint density at radius 2 is 1.50 bits per heavy atom. The van der Waals surface area contributed by atoms with Crippen molar-refractivity contribution in [3.63, 3.8) is 0 Å². The molecule has 0 saturated carbocycles. The number of benzene rings is 2. The van der Waals surface area contributed by atoms with Gasteiger partial charge < -0.3 is 10.5 Å². The summed E-state index contributed by atoms with van der Waals surface area (Å²) in [5.74, 6) is 0.857. The van der Waals surface area contributed by atoms with E-state index >= 15 is 0 Å². The maximum Gasteiger partial charge on any atom is 0.119 e. The highest BCUT2D eigenvalue weighted by Crippen LogP contribution is 2.21. The van der Waals surface area contributed by atoms with E-state index in [2.05, 4.69) is 17.2 Å². The van der Waals surface area contributed by atoms with Gasteiger partial charge in [-0.15, -0.1) is 0 Å². The molecule has 2 N–H and O–H groups in total. The number of hydrogen-bond donors (Lipinski definition) is 1. The van der Waals surface area contributed by atoms with Crippen molar-refractivity contribution in [3.05, 3.63) is 54.6 Å². The third-order valence-electron chi connectivity index (χ3n) is 3.79. The van der Waals surface area contributed by atoms with Crippen LogP contribution in [0.4, 0.5) is 11.4 Å². The molecule has 1 unspecified atom stereocenters. The number of unbranched alkanes of at least 4 members (excludes halogenated alkanes) is 1. The van der Waals surface area contributed by atoms with E-state index in [1.807, 2.05) is 54.6 Å². The Hall–Kier alpha value is -2.20. The monoisotopic (exact) mass is 325 g/mol. The average Bonchev–Trinajstić information content (AvgIpc) is 2.63. The lowest BCUT2D eigenvalue weighted by Gasteiger charge is -2.11. The lowest BCUT2D eigenvalue weighted by Crippen LogP contribution is -2.20. The van der Waals surface area contributed by atoms with Crippen molar-refractivity contribution in [3.8, 4) is 5.75 Å². The van der Waals surface area contributed by atoms with Gasteiger partial charge in [0.15, 0.2) is 0 Å². The molecule has 0 aliphatic carbocycles. The number of azo groups is 1. The summed E-state index contributed by atoms with van der Waals surface area (Å²) in [6, 6.07) is 17.7. The van der Waals surface area contributed by atoms with Gasteiger partial charge >= 0.3 is 0 Å². The first-order valence-corrected chi connectivity index (χ1v) is 8.73. The summed E-state index contributed by atoms with van der Waals surface area (Å²) < 4.78 is 5.75. The quantitative estimate of drug-likeness (QED) is 0.444. The molecule has 24 heavy (non-hydrogen) atoms. The summed E-state index contributed by atoms with van der Waals surface area (Å²) in [4.78, 5) is 0. The number of rotatable bonds is 10. The Bertz CT molecular complexity index is 596. The minimum Gasteiger partial charge on any atom is -0.494 e. The molecule has 0 bridgehead atoms. The second kappa shape index (κ2) is 10.6. The van der Waals surface area contributed by atoms with E-state index in [4.69, 9.17) is 10.5 Å². The molecule has 2 rings (SSSR count). The van der Waals surface area contributed by atoms with Crippen LogP contribution < -0.4 is 10.5 Å². The van der Waals surface area contributed by atoms with E-state index < -0.39 is 0 Å². The van der Waals surface area contributed by atoms with Gasteiger partial charge in [-0.1, -0.05) is 38.0 Å². The summed E-state index contributed by atoms with van der Waals surface area (Å²) in [6.45, 7) is 2.89. The molecule has 4 nitrogen and oxygen atoms in total. The van der Waals surface area contributed by atoms with Crippen molar-refractivity contribution in [1.82, 2.24) is 0 Å². The standard InChI is InChI=1S/C20H27N3O/c1-2-3-8-17(21)9-7-16-24-20-14-12-19(13-15-20)23-22-18-10-5-4-6-11-18/h4-6,10-15,17H,2-3,7-9,16,21H2,1H3. The van der Waals surface area contributed by atoms with Crippen LogP contribution in [0.15, 0.2) is 64.8 Å². The minimum absolute atomic E-state index is 0.300. The number of ether oxygens (including phenoxy) is 1. The largest absolute Gasteiger partial charge is 0.494 e. The lowest BCUT2D eigenvalue weighted by atomic mass is 10.1. The van der Waals surface area contributed by atoms with E-state index in [-0.39, 0.29) is 0 Å². The third-order valence-corrected chi connectivity index (χ3v) is 3.79. The van der Waals surface area contributed by atoms with Crippen LogP contribution >= 0.6 is 0 Å². The van der Waals surface area contributed by atoms with Crippen LogP contribution in [-0.4, -0.2) is 12.6 Å². The summed E-state index contributed by atoms with van der Waals surface area (Å²) in [6.07, 6.45) is 5.53. The smallest absolute Gasteiger partial charge is 0.119 e. The first kappa shape index (κ1) is 18.1. The SMILES string of the molecule is CCCCC(N)CCCOc1ccc(N=Nc2ccccc2)cc1. The first-order chi connectivity index (χ1) is 11.8. The molecule has 0 saturated heterocycles. The van der Waals surface area contributed by atoms with E-state index in [0.717, 1.165) is 36.4 Å². The Kier molecular flexibility index (Phi) is 7.98. The predicted molar refractivity (Wildman–Crippen MR) is 99.3 cm³/mol. The maximum atomic E-state index is 6.06. The van der Waals surface area contributed by atoms with Gasteiger partial charge in [-0.3, -0.25) is 0 Å². The zero-order valence-electron chi connectivity index (χ0n) is 14.4. The molecule has 0 heterocycles. The van der Waals surface area contributed by atoms with Crippen LogP contribution in [0.1, 0.15) is 39.0 Å². The fourth-order valence-electron chi connectivity index (χ4n) is 2.37. The molecule has 0 radical (unpaired) electrons. The molecule has 0 aliphatic heterocycles. The predicted octanol–water partition coefficient (Wildman–Crippen LogP) is 5.78. The number of hydrogen-bond acceptors (Lipinski definition) is 4. The van der Waals surface area contributed by atoms with Gasteiger partial charge in [0.2, 0.25) is 0 Å². The van der Waals surface area contributed by atoms with E-state index in [1.165, 1.54) is 12.8 Å². The van der Waals surface area contributed by atoms with Crippen LogP contribution in [0.2, 0.25) is 0 Å². The molecule has 0 amide bonds. The molecule has 0 aliphatic rings. The normalized spacial score (nSPS) is 12.4. The molecule has 0 spiro atoms. The highest BCUT2D eigenvalue weighted by molar-refractivity contribution is 5.42. The second-order valence-corrected chi connectivity index (χ2v) is 5.92. The molecule has 0 aromatic heterocycles. The fourth-order valence-corrected chi connectivity index (χ4v) is 2.37. The molecular weight excluding hydrogens is 298 g/mol. The van der Waals surface area contributed by atoms with Crippen LogP contribution in [0.3, 0.4) is 0 Å². The maximum absolute atomic E-state index is 6.06. The number of nitrogens with zero attached hydrogens (tertiary/aromatic N) is 2. The van der Waals surface area contributed by atoms with E-state index in [1.54, 1.807) is 0 Å². The van der Waals surface area contributed by atoms with Crippen LogP contribution in [0.5, 0.6) is 5.75 Å². The molecule has 2 aromatic rings. The van der Waals surface area contributed by atoms with Gasteiger partial charge in [0.05, 0.1) is 18.0 Å². The number of nitrogens with two attached hydrogens (primary N) is 1. The summed E-state index contributed by atoms with van der Waals surface area (Å²) in [5, 5.41) is 8.41. The lowest BCUT2D eigenvalue weighted by molar-refractivity contribution is 0.299. The van der Waals surface area contributed by atoms with Crippen molar-refractivity contribution < 1.29 is 4.74 Å². The molecule has 128 valence electrons. The molecule has 0 fully saturated rings. The van der Waals surface area contributed by atoms with Gasteiger partial charge in [-0.05, 0) is 55.7 Å². The van der Waals surface area contributed by atoms with Gasteiger partial charge in [0.1, 0.15) is 5.75 Å². The van der Waals surface area contributed by atoms with Crippen molar-refractivity contribution >= 4 is 11.4 Å². The third kappa shape index (κ3) is 6.92. The first-order valence-electron chi connectivity index (χ1n) is 8.73. The molecule has 2 aromatic carbocycles. The Morgan fingerprint density at radius 3 is 2.17 bits per heavy atom. The summed E-state index contributed by atoms with van der Waals surface area (Å²) in [7, 11) is 0. The Morgan fingerprint density at radius 1 is 0.875 bits per heavy atom. The second-order valence-electron chi connectivity index (χ2n) is 5.92. The highest BCUT2D eigenvalue weighted by atomic mass is 16.5. The highest BCUT2D eigenvalue weighted by Gasteiger charge is 2.02. The van der Waals surface area contributed by atoms with Crippen LogP contribution in [0, 0.1) is 0 Å². The summed E-state index contributed by atoms with van der Waals surface area (Å²) in [5.41, 5.74) is 7.72. The zero-order valence-corrected chi connectivity index (χ0v) is 14.4. The zero-order chi connectivity index (χ0) is 17.0. The Balaban J connectivity index is 1.71. The summed E-state index contributed by atoms with van der Waals surface area (Å²) >= 11 is 0. The molecule has 4 heteroatoms. The van der Waals surface area contributed by atoms with Crippen LogP contribution in [-0.2, 0) is 0 Å². The van der Waals surface area contributed by atoms with Crippen molar-refractivity contribution in [2.75, 3.05) is 6.61 Å². The van der Waals surface area contributed by atoms with Gasteiger partial charge in [-0.25, -0.2) is 0 Å². The van der Waals surface area contributed by atoms with Crippen molar-refractivity contribution in [2.45, 2.75) is 45.1 Å². The van der Waals surface area contributed by atoms with E-state index in [9.17, 15) is 0 Å². The molecular formula is C20H27N3O. The van der Waals surface area contributed by atoms with Gasteiger partial charge in [0.25, 0.3) is 0 Å². The Labute approximate surface area is 144 Å². The minimum atomic E-state index is 0.300. The van der Waals surface area contributed by atoms with Crippen molar-refractivity contribution in [1.29, 1.82) is 0 Å². The topological polar surface area (TPSA) is 60.0 Å². The van der Waals surface area contributed by atoms with Gasteiger partial charge in [-0.2, -0.15) is 10.2 Å². The molecule has 1 atom stereocenters. The fraction of sp³-hybridized carbons (Fsp3) is 0.400. The van der Waals surface area contributed by atoms with Crippen LogP contribution in [0.25, 0.3) is 0 Å². The van der Waals surface area contributed by atoms with Crippen molar-refractivity contribution in [2.24, 2.45) is 16.0 Å². The average molecular weight is 325 g/mol.